The molecule has 0 aliphatic rings. The highest BCUT2D eigenvalue weighted by molar-refractivity contribution is 9.10. The Morgan fingerprint density at radius 3 is 2.06 bits per heavy atom. The molecule has 1 aromatic carbocycles. The number of carbonyl (C=O) groups excluding carboxylic acids is 1. The molecule has 0 bridgehead atoms. The summed E-state index contributed by atoms with van der Waals surface area (Å²) in [6, 6.07) is 3.43. The molecule has 0 saturated heterocycles. The van der Waals surface area contributed by atoms with E-state index in [1.807, 2.05) is 13.8 Å². The molecular weight excluding hydrogens is 286 g/mol. The molecule has 0 saturated carbocycles. The number of rotatable bonds is 4. The first-order valence-corrected chi connectivity index (χ1v) is 6.01. The summed E-state index contributed by atoms with van der Waals surface area (Å²) >= 11 is 3.35. The minimum absolute atomic E-state index is 0.0862. The maximum atomic E-state index is 11.9. The highest BCUT2D eigenvalue weighted by Crippen LogP contribution is 2.35. The quantitative estimate of drug-likeness (QED) is 0.930. The maximum Gasteiger partial charge on any atom is 0.251 e. The van der Waals surface area contributed by atoms with Gasteiger partial charge in [-0.15, -0.1) is 0 Å². The number of carbonyl (C=O) groups is 1. The van der Waals surface area contributed by atoms with Crippen LogP contribution in [-0.4, -0.2) is 26.2 Å². The third kappa shape index (κ3) is 3.36. The van der Waals surface area contributed by atoms with Gasteiger partial charge in [0.1, 0.15) is 16.0 Å². The molecule has 1 N–H and O–H groups in total. The van der Waals surface area contributed by atoms with Crippen LogP contribution in [0.4, 0.5) is 0 Å². The number of methoxy groups -OCH3 is 2. The topological polar surface area (TPSA) is 47.6 Å². The predicted molar refractivity (Wildman–Crippen MR) is 69.8 cm³/mol. The van der Waals surface area contributed by atoms with Crippen LogP contribution in [0.5, 0.6) is 11.5 Å². The lowest BCUT2D eigenvalue weighted by Crippen LogP contribution is -2.30. The number of hydrogen-bond donors (Lipinski definition) is 1. The molecule has 0 heterocycles. The Hall–Kier alpha value is -1.23. The largest absolute Gasteiger partial charge is 0.495 e. The lowest BCUT2D eigenvalue weighted by molar-refractivity contribution is 0.0942. The van der Waals surface area contributed by atoms with Gasteiger partial charge in [0.25, 0.3) is 5.91 Å². The van der Waals surface area contributed by atoms with E-state index < -0.39 is 0 Å². The van der Waals surface area contributed by atoms with Gasteiger partial charge in [-0.25, -0.2) is 0 Å². The van der Waals surface area contributed by atoms with E-state index >= 15 is 0 Å². The molecule has 0 spiro atoms. The number of halogens is 1. The molecule has 4 nitrogen and oxygen atoms in total. The fourth-order valence-corrected chi connectivity index (χ4v) is 1.90. The van der Waals surface area contributed by atoms with Crippen LogP contribution in [0.15, 0.2) is 16.6 Å². The molecule has 0 aliphatic carbocycles. The van der Waals surface area contributed by atoms with Crippen molar-refractivity contribution in [1.82, 2.24) is 5.32 Å². The van der Waals surface area contributed by atoms with E-state index in [0.717, 1.165) is 0 Å². The molecule has 94 valence electrons. The van der Waals surface area contributed by atoms with Gasteiger partial charge in [0.05, 0.1) is 14.2 Å². The van der Waals surface area contributed by atoms with E-state index in [2.05, 4.69) is 21.2 Å². The summed E-state index contributed by atoms with van der Waals surface area (Å²) in [5.74, 6) is 0.987. The van der Waals surface area contributed by atoms with Gasteiger partial charge in [-0.1, -0.05) is 0 Å². The van der Waals surface area contributed by atoms with E-state index in [1.54, 1.807) is 26.4 Å². The predicted octanol–water partition coefficient (Wildman–Crippen LogP) is 2.60. The monoisotopic (exact) mass is 301 g/mol. The van der Waals surface area contributed by atoms with Crippen molar-refractivity contribution in [1.29, 1.82) is 0 Å². The first-order valence-electron chi connectivity index (χ1n) is 5.22. The second kappa shape index (κ2) is 5.91. The number of ether oxygens (including phenoxy) is 2. The van der Waals surface area contributed by atoms with E-state index in [0.29, 0.717) is 21.5 Å². The van der Waals surface area contributed by atoms with Crippen molar-refractivity contribution in [3.63, 3.8) is 0 Å². The zero-order valence-electron chi connectivity index (χ0n) is 10.3. The Balaban J connectivity index is 3.12. The van der Waals surface area contributed by atoms with Gasteiger partial charge in [0.15, 0.2) is 0 Å². The van der Waals surface area contributed by atoms with Crippen molar-refractivity contribution in [2.24, 2.45) is 0 Å². The third-order valence-electron chi connectivity index (χ3n) is 2.13. The fourth-order valence-electron chi connectivity index (χ4n) is 1.35. The summed E-state index contributed by atoms with van der Waals surface area (Å²) in [7, 11) is 3.09. The highest BCUT2D eigenvalue weighted by Gasteiger charge is 2.14. The minimum atomic E-state index is -0.149. The van der Waals surface area contributed by atoms with Crippen molar-refractivity contribution >= 4 is 21.8 Å². The normalized spacial score (nSPS) is 10.2. The van der Waals surface area contributed by atoms with Gasteiger partial charge in [0.2, 0.25) is 0 Å². The third-order valence-corrected chi connectivity index (χ3v) is 2.91. The summed E-state index contributed by atoms with van der Waals surface area (Å²) < 4.78 is 11.1. The van der Waals surface area contributed by atoms with E-state index in [1.165, 1.54) is 0 Å². The van der Waals surface area contributed by atoms with E-state index in [9.17, 15) is 4.79 Å². The Morgan fingerprint density at radius 2 is 1.71 bits per heavy atom. The number of hydrogen-bond acceptors (Lipinski definition) is 3. The molecule has 1 amide bonds. The summed E-state index contributed by atoms with van der Waals surface area (Å²) in [5.41, 5.74) is 0.510. The highest BCUT2D eigenvalue weighted by atomic mass is 79.9. The van der Waals surface area contributed by atoms with Gasteiger partial charge >= 0.3 is 0 Å². The average Bonchev–Trinajstić information content (AvgIpc) is 2.28. The molecule has 1 rings (SSSR count). The van der Waals surface area contributed by atoms with Gasteiger partial charge in [-0.2, -0.15) is 0 Å². The van der Waals surface area contributed by atoms with Gasteiger partial charge in [-0.3, -0.25) is 4.79 Å². The Morgan fingerprint density at radius 1 is 1.24 bits per heavy atom. The summed E-state index contributed by atoms with van der Waals surface area (Å²) in [4.78, 5) is 11.9. The van der Waals surface area contributed by atoms with Gasteiger partial charge < -0.3 is 14.8 Å². The van der Waals surface area contributed by atoms with E-state index in [-0.39, 0.29) is 11.9 Å². The Labute approximate surface area is 109 Å². The van der Waals surface area contributed by atoms with E-state index in [4.69, 9.17) is 9.47 Å². The minimum Gasteiger partial charge on any atom is -0.495 e. The Kier molecular flexibility index (Phi) is 4.81. The fraction of sp³-hybridized carbons (Fsp3) is 0.417. The Bertz CT molecular complexity index is 393. The molecule has 0 aromatic heterocycles. The van der Waals surface area contributed by atoms with Crippen molar-refractivity contribution < 1.29 is 14.3 Å². The summed E-state index contributed by atoms with van der Waals surface area (Å²) in [6.45, 7) is 3.82. The van der Waals surface area contributed by atoms with Crippen molar-refractivity contribution in [2.45, 2.75) is 19.9 Å². The van der Waals surface area contributed by atoms with Crippen LogP contribution < -0.4 is 14.8 Å². The zero-order chi connectivity index (χ0) is 13.0. The van der Waals surface area contributed by atoms with Crippen LogP contribution in [0, 0.1) is 0 Å². The zero-order valence-corrected chi connectivity index (χ0v) is 11.9. The molecule has 17 heavy (non-hydrogen) atoms. The van der Waals surface area contributed by atoms with Crippen molar-refractivity contribution in [3.05, 3.63) is 22.2 Å². The maximum absolute atomic E-state index is 11.9. The lowest BCUT2D eigenvalue weighted by Gasteiger charge is -2.13. The van der Waals surface area contributed by atoms with Crippen LogP contribution in [0.25, 0.3) is 0 Å². The van der Waals surface area contributed by atoms with Crippen LogP contribution in [-0.2, 0) is 0 Å². The van der Waals surface area contributed by atoms with Crippen LogP contribution in [0.2, 0.25) is 0 Å². The number of benzene rings is 1. The molecule has 5 heteroatoms. The smallest absolute Gasteiger partial charge is 0.251 e. The number of nitrogens with one attached hydrogen (secondary N) is 1. The standard InChI is InChI=1S/C12H16BrNO3/c1-7(2)14-12(15)8-5-9(16-3)11(13)10(6-8)17-4/h5-7H,1-4H3,(H,14,15). The van der Waals surface area contributed by atoms with Crippen molar-refractivity contribution in [3.8, 4) is 11.5 Å². The molecule has 0 aliphatic heterocycles. The SMILES string of the molecule is COc1cc(C(=O)NC(C)C)cc(OC)c1Br. The van der Waals surface area contributed by atoms with Crippen LogP contribution in [0.1, 0.15) is 24.2 Å². The van der Waals surface area contributed by atoms with Crippen molar-refractivity contribution in [2.75, 3.05) is 14.2 Å². The summed E-state index contributed by atoms with van der Waals surface area (Å²) in [5, 5.41) is 2.82. The van der Waals surface area contributed by atoms with Gasteiger partial charge in [-0.05, 0) is 41.9 Å². The molecular formula is C12H16BrNO3. The van der Waals surface area contributed by atoms with Crippen LogP contribution >= 0.6 is 15.9 Å². The summed E-state index contributed by atoms with van der Waals surface area (Å²) in [6.07, 6.45) is 0. The molecule has 0 atom stereocenters. The second-order valence-corrected chi connectivity index (χ2v) is 4.62. The lowest BCUT2D eigenvalue weighted by atomic mass is 10.1. The first kappa shape index (κ1) is 13.8. The number of amides is 1. The van der Waals surface area contributed by atoms with Crippen LogP contribution in [0.3, 0.4) is 0 Å². The second-order valence-electron chi connectivity index (χ2n) is 3.82. The first-order chi connectivity index (χ1) is 7.99. The average molecular weight is 302 g/mol. The molecule has 0 fully saturated rings. The molecule has 0 radical (unpaired) electrons. The molecule has 1 aromatic rings. The molecule has 0 unspecified atom stereocenters. The van der Waals surface area contributed by atoms with Gasteiger partial charge in [0, 0.05) is 11.6 Å².